The Labute approximate surface area is 119 Å². The number of hydrogen-bond donors (Lipinski definition) is 1. The fraction of sp³-hybridized carbons (Fsp3) is 0.938. The second-order valence-corrected chi connectivity index (χ2v) is 5.20. The standard InChI is InChI=1S/C16H31NO2/c1-2-3-4-5-6-7-8-9-10-14-19-16(15-18)12-11-13-17/h16,18H,2-12,14-15H2,1H3. The number of ether oxygens (including phenoxy) is 1. The van der Waals surface area contributed by atoms with Gasteiger partial charge >= 0.3 is 0 Å². The number of nitriles is 1. The Morgan fingerprint density at radius 2 is 1.58 bits per heavy atom. The molecule has 0 saturated heterocycles. The molecule has 0 bridgehead atoms. The molecule has 112 valence electrons. The zero-order valence-electron chi connectivity index (χ0n) is 12.6. The van der Waals surface area contributed by atoms with Crippen molar-refractivity contribution in [1.29, 1.82) is 5.26 Å². The summed E-state index contributed by atoms with van der Waals surface area (Å²) in [4.78, 5) is 0. The average Bonchev–Trinajstić information content (AvgIpc) is 2.44. The molecule has 0 aliphatic carbocycles. The second-order valence-electron chi connectivity index (χ2n) is 5.20. The molecule has 0 heterocycles. The maximum atomic E-state index is 9.06. The topological polar surface area (TPSA) is 53.2 Å². The first-order chi connectivity index (χ1) is 9.35. The van der Waals surface area contributed by atoms with Crippen LogP contribution in [0.4, 0.5) is 0 Å². The molecule has 0 rings (SSSR count). The van der Waals surface area contributed by atoms with Crippen LogP contribution in [0.1, 0.15) is 77.6 Å². The zero-order chi connectivity index (χ0) is 14.2. The first-order valence-electron chi connectivity index (χ1n) is 7.94. The summed E-state index contributed by atoms with van der Waals surface area (Å²) in [5.74, 6) is 0. The third-order valence-corrected chi connectivity index (χ3v) is 3.38. The fourth-order valence-electron chi connectivity index (χ4n) is 2.12. The third-order valence-electron chi connectivity index (χ3n) is 3.38. The van der Waals surface area contributed by atoms with E-state index in [0.717, 1.165) is 6.42 Å². The summed E-state index contributed by atoms with van der Waals surface area (Å²) in [6.45, 7) is 2.99. The van der Waals surface area contributed by atoms with E-state index >= 15 is 0 Å². The van der Waals surface area contributed by atoms with Crippen LogP contribution >= 0.6 is 0 Å². The van der Waals surface area contributed by atoms with E-state index in [9.17, 15) is 0 Å². The molecule has 0 saturated carbocycles. The Kier molecular flexibility index (Phi) is 15.0. The van der Waals surface area contributed by atoms with Gasteiger partial charge in [-0.1, -0.05) is 58.3 Å². The number of aliphatic hydroxyl groups excluding tert-OH is 1. The van der Waals surface area contributed by atoms with Crippen molar-refractivity contribution < 1.29 is 9.84 Å². The van der Waals surface area contributed by atoms with Crippen LogP contribution in [0.5, 0.6) is 0 Å². The summed E-state index contributed by atoms with van der Waals surface area (Å²) in [6, 6.07) is 2.08. The van der Waals surface area contributed by atoms with Crippen molar-refractivity contribution in [2.24, 2.45) is 0 Å². The van der Waals surface area contributed by atoms with E-state index in [2.05, 4.69) is 13.0 Å². The monoisotopic (exact) mass is 269 g/mol. The van der Waals surface area contributed by atoms with Gasteiger partial charge in [-0.15, -0.1) is 0 Å². The number of aliphatic hydroxyl groups is 1. The lowest BCUT2D eigenvalue weighted by molar-refractivity contribution is 0.00725. The van der Waals surface area contributed by atoms with Crippen molar-refractivity contribution >= 4 is 0 Å². The zero-order valence-corrected chi connectivity index (χ0v) is 12.6. The first kappa shape index (κ1) is 18.4. The molecular formula is C16H31NO2. The van der Waals surface area contributed by atoms with Gasteiger partial charge in [-0.2, -0.15) is 5.26 Å². The molecule has 3 nitrogen and oxygen atoms in total. The molecule has 0 aromatic rings. The Hall–Kier alpha value is -0.590. The maximum Gasteiger partial charge on any atom is 0.0815 e. The summed E-state index contributed by atoms with van der Waals surface area (Å²) in [5.41, 5.74) is 0. The van der Waals surface area contributed by atoms with Crippen LogP contribution in [0.2, 0.25) is 0 Å². The van der Waals surface area contributed by atoms with Gasteiger partial charge in [0.2, 0.25) is 0 Å². The van der Waals surface area contributed by atoms with Crippen molar-refractivity contribution in [3.63, 3.8) is 0 Å². The highest BCUT2D eigenvalue weighted by molar-refractivity contribution is 4.71. The summed E-state index contributed by atoms with van der Waals surface area (Å²) < 4.78 is 5.55. The van der Waals surface area contributed by atoms with Gasteiger partial charge in [-0.3, -0.25) is 0 Å². The number of unbranched alkanes of at least 4 members (excludes halogenated alkanes) is 8. The Bertz CT molecular complexity index is 213. The van der Waals surface area contributed by atoms with E-state index in [1.807, 2.05) is 0 Å². The van der Waals surface area contributed by atoms with Gasteiger partial charge in [0.05, 0.1) is 18.8 Å². The van der Waals surface area contributed by atoms with Crippen LogP contribution in [0.25, 0.3) is 0 Å². The van der Waals surface area contributed by atoms with Gasteiger partial charge in [0, 0.05) is 13.0 Å². The Morgan fingerprint density at radius 1 is 1.00 bits per heavy atom. The second kappa shape index (κ2) is 15.5. The van der Waals surface area contributed by atoms with Crippen LogP contribution < -0.4 is 0 Å². The lowest BCUT2D eigenvalue weighted by Crippen LogP contribution is -2.18. The number of hydrogen-bond acceptors (Lipinski definition) is 3. The predicted octanol–water partition coefficient (Wildman–Crippen LogP) is 4.20. The first-order valence-corrected chi connectivity index (χ1v) is 7.94. The molecule has 1 unspecified atom stereocenters. The lowest BCUT2D eigenvalue weighted by atomic mass is 10.1. The normalized spacial score (nSPS) is 12.3. The highest BCUT2D eigenvalue weighted by atomic mass is 16.5. The minimum atomic E-state index is -0.145. The molecule has 1 N–H and O–H groups in total. The molecule has 0 radical (unpaired) electrons. The predicted molar refractivity (Wildman–Crippen MR) is 78.9 cm³/mol. The van der Waals surface area contributed by atoms with E-state index in [-0.39, 0.29) is 12.7 Å². The molecular weight excluding hydrogens is 238 g/mol. The quantitative estimate of drug-likeness (QED) is 0.481. The van der Waals surface area contributed by atoms with Crippen LogP contribution in [0.3, 0.4) is 0 Å². The average molecular weight is 269 g/mol. The maximum absolute atomic E-state index is 9.06. The highest BCUT2D eigenvalue weighted by Crippen LogP contribution is 2.10. The van der Waals surface area contributed by atoms with Crippen molar-refractivity contribution in [3.8, 4) is 6.07 Å². The van der Waals surface area contributed by atoms with Crippen molar-refractivity contribution in [3.05, 3.63) is 0 Å². The number of nitrogens with zero attached hydrogens (tertiary/aromatic N) is 1. The summed E-state index contributed by atoms with van der Waals surface area (Å²) in [5, 5.41) is 17.5. The third kappa shape index (κ3) is 13.6. The van der Waals surface area contributed by atoms with Crippen LogP contribution in [0.15, 0.2) is 0 Å². The highest BCUT2D eigenvalue weighted by Gasteiger charge is 2.06. The van der Waals surface area contributed by atoms with Gasteiger partial charge in [0.25, 0.3) is 0 Å². The van der Waals surface area contributed by atoms with Gasteiger partial charge in [0.15, 0.2) is 0 Å². The van der Waals surface area contributed by atoms with E-state index in [0.29, 0.717) is 19.4 Å². The van der Waals surface area contributed by atoms with E-state index in [1.165, 1.54) is 51.4 Å². The van der Waals surface area contributed by atoms with E-state index < -0.39 is 0 Å². The fourth-order valence-corrected chi connectivity index (χ4v) is 2.12. The molecule has 0 aromatic heterocycles. The minimum Gasteiger partial charge on any atom is -0.394 e. The molecule has 0 fully saturated rings. The van der Waals surface area contributed by atoms with Gasteiger partial charge in [0.1, 0.15) is 0 Å². The molecule has 19 heavy (non-hydrogen) atoms. The molecule has 0 spiro atoms. The van der Waals surface area contributed by atoms with Crippen LogP contribution in [-0.2, 0) is 4.74 Å². The Balaban J connectivity index is 3.19. The van der Waals surface area contributed by atoms with Crippen molar-refractivity contribution in [2.75, 3.05) is 13.2 Å². The molecule has 0 aliphatic heterocycles. The van der Waals surface area contributed by atoms with Crippen LogP contribution in [0, 0.1) is 11.3 Å². The summed E-state index contributed by atoms with van der Waals surface area (Å²) >= 11 is 0. The molecule has 3 heteroatoms. The summed E-state index contributed by atoms with van der Waals surface area (Å²) in [7, 11) is 0. The van der Waals surface area contributed by atoms with E-state index in [4.69, 9.17) is 15.1 Å². The molecule has 0 aliphatic rings. The van der Waals surface area contributed by atoms with Gasteiger partial charge < -0.3 is 9.84 Å². The summed E-state index contributed by atoms with van der Waals surface area (Å²) in [6.07, 6.45) is 12.7. The Morgan fingerprint density at radius 3 is 2.11 bits per heavy atom. The smallest absolute Gasteiger partial charge is 0.0815 e. The lowest BCUT2D eigenvalue weighted by Gasteiger charge is -2.13. The van der Waals surface area contributed by atoms with Gasteiger partial charge in [-0.25, -0.2) is 0 Å². The van der Waals surface area contributed by atoms with Crippen molar-refractivity contribution in [1.82, 2.24) is 0 Å². The molecule has 0 aromatic carbocycles. The SMILES string of the molecule is CCCCCCCCCCCOC(CO)CCC#N. The molecule has 1 atom stereocenters. The van der Waals surface area contributed by atoms with Crippen LogP contribution in [-0.4, -0.2) is 24.4 Å². The minimum absolute atomic E-state index is 0.0269. The van der Waals surface area contributed by atoms with E-state index in [1.54, 1.807) is 0 Å². The van der Waals surface area contributed by atoms with Gasteiger partial charge in [-0.05, 0) is 12.8 Å². The largest absolute Gasteiger partial charge is 0.394 e. The number of rotatable bonds is 14. The van der Waals surface area contributed by atoms with Crippen molar-refractivity contribution in [2.45, 2.75) is 83.7 Å². The molecule has 0 amide bonds.